The third-order valence-corrected chi connectivity index (χ3v) is 3.80. The quantitative estimate of drug-likeness (QED) is 0.607. The molecule has 2 unspecified atom stereocenters. The summed E-state index contributed by atoms with van der Waals surface area (Å²) >= 11 is 0. The number of nitrogens with zero attached hydrogens (tertiary/aromatic N) is 1. The van der Waals surface area contributed by atoms with Crippen molar-refractivity contribution in [3.8, 4) is 0 Å². The van der Waals surface area contributed by atoms with E-state index in [-0.39, 0.29) is 35.0 Å². The van der Waals surface area contributed by atoms with Crippen molar-refractivity contribution < 1.29 is 14.0 Å². The number of anilines is 2. The zero-order valence-corrected chi connectivity index (χ0v) is 9.73. The molecule has 1 saturated carbocycles. The fourth-order valence-corrected chi connectivity index (χ4v) is 2.93. The second-order valence-electron chi connectivity index (χ2n) is 4.87. The summed E-state index contributed by atoms with van der Waals surface area (Å²) in [5.41, 5.74) is 5.75. The van der Waals surface area contributed by atoms with Crippen molar-refractivity contribution in [2.24, 2.45) is 11.8 Å². The highest BCUT2D eigenvalue weighted by molar-refractivity contribution is 6.22. The highest BCUT2D eigenvalue weighted by Crippen LogP contribution is 2.42. The van der Waals surface area contributed by atoms with Crippen molar-refractivity contribution in [2.45, 2.75) is 19.3 Å². The van der Waals surface area contributed by atoms with Crippen molar-refractivity contribution in [1.82, 2.24) is 0 Å². The molecule has 1 aliphatic carbocycles. The minimum atomic E-state index is -0.628. The number of nitrogens with two attached hydrogens (primary N) is 1. The van der Waals surface area contributed by atoms with E-state index in [4.69, 9.17) is 5.73 Å². The maximum Gasteiger partial charge on any atom is 0.237 e. The maximum atomic E-state index is 13.8. The number of nitrogen functional groups attached to an aromatic ring is 1. The Labute approximate surface area is 104 Å². The van der Waals surface area contributed by atoms with Gasteiger partial charge in [-0.15, -0.1) is 0 Å². The number of hydrogen-bond acceptors (Lipinski definition) is 3. The Bertz CT molecular complexity index is 522. The first-order valence-corrected chi connectivity index (χ1v) is 6.02. The molecule has 2 fully saturated rings. The van der Waals surface area contributed by atoms with Gasteiger partial charge in [0, 0.05) is 5.69 Å². The van der Waals surface area contributed by atoms with Crippen LogP contribution in [0.15, 0.2) is 18.2 Å². The van der Waals surface area contributed by atoms with E-state index in [1.165, 1.54) is 12.1 Å². The topological polar surface area (TPSA) is 63.4 Å². The minimum absolute atomic E-state index is 0.0219. The SMILES string of the molecule is Nc1ccc(N2C(=O)C3CCCC3C2=O)c(F)c1. The van der Waals surface area contributed by atoms with Gasteiger partial charge in [-0.25, -0.2) is 9.29 Å². The molecule has 1 heterocycles. The number of rotatable bonds is 1. The van der Waals surface area contributed by atoms with Crippen LogP contribution in [-0.2, 0) is 9.59 Å². The van der Waals surface area contributed by atoms with Crippen molar-refractivity contribution in [2.75, 3.05) is 10.6 Å². The number of carbonyl (C=O) groups is 2. The highest BCUT2D eigenvalue weighted by atomic mass is 19.1. The number of hydrogen-bond donors (Lipinski definition) is 1. The molecule has 0 radical (unpaired) electrons. The number of halogens is 1. The van der Waals surface area contributed by atoms with Crippen LogP contribution in [-0.4, -0.2) is 11.8 Å². The lowest BCUT2D eigenvalue weighted by Gasteiger charge is -2.16. The van der Waals surface area contributed by atoms with Crippen LogP contribution in [0.1, 0.15) is 19.3 Å². The summed E-state index contributed by atoms with van der Waals surface area (Å²) in [6, 6.07) is 4.01. The van der Waals surface area contributed by atoms with Crippen molar-refractivity contribution in [3.05, 3.63) is 24.0 Å². The summed E-state index contributed by atoms with van der Waals surface area (Å²) < 4.78 is 13.8. The van der Waals surface area contributed by atoms with Crippen LogP contribution in [0, 0.1) is 17.7 Å². The molecule has 0 spiro atoms. The molecule has 0 aromatic heterocycles. The second kappa shape index (κ2) is 3.80. The van der Waals surface area contributed by atoms with Gasteiger partial charge in [0.25, 0.3) is 0 Å². The van der Waals surface area contributed by atoms with Gasteiger partial charge in [-0.1, -0.05) is 6.42 Å². The molecular weight excluding hydrogens is 235 g/mol. The summed E-state index contributed by atoms with van der Waals surface area (Å²) in [6.45, 7) is 0. The molecule has 1 aliphatic heterocycles. The molecule has 3 rings (SSSR count). The van der Waals surface area contributed by atoms with Crippen molar-refractivity contribution in [1.29, 1.82) is 0 Å². The number of amides is 2. The molecule has 2 atom stereocenters. The molecule has 1 saturated heterocycles. The van der Waals surface area contributed by atoms with Gasteiger partial charge in [0.05, 0.1) is 17.5 Å². The van der Waals surface area contributed by atoms with E-state index in [1.54, 1.807) is 0 Å². The second-order valence-corrected chi connectivity index (χ2v) is 4.87. The summed E-state index contributed by atoms with van der Waals surface area (Å²) in [6.07, 6.45) is 2.34. The Kier molecular flexibility index (Phi) is 2.36. The van der Waals surface area contributed by atoms with E-state index in [0.717, 1.165) is 30.2 Å². The third-order valence-electron chi connectivity index (χ3n) is 3.80. The molecule has 18 heavy (non-hydrogen) atoms. The smallest absolute Gasteiger partial charge is 0.237 e. The average molecular weight is 248 g/mol. The molecule has 1 aromatic carbocycles. The van der Waals surface area contributed by atoms with Crippen LogP contribution >= 0.6 is 0 Å². The van der Waals surface area contributed by atoms with Gasteiger partial charge in [-0.3, -0.25) is 9.59 Å². The largest absolute Gasteiger partial charge is 0.399 e. The standard InChI is InChI=1S/C13H13FN2O2/c14-10-6-7(15)4-5-11(10)16-12(17)8-2-1-3-9(8)13(16)18/h4-6,8-9H,1-3,15H2. The van der Waals surface area contributed by atoms with Crippen LogP contribution in [0.2, 0.25) is 0 Å². The third kappa shape index (κ3) is 1.43. The van der Waals surface area contributed by atoms with Gasteiger partial charge in [-0.2, -0.15) is 0 Å². The Balaban J connectivity index is 2.02. The number of imide groups is 1. The molecule has 2 amide bonds. The van der Waals surface area contributed by atoms with Crippen molar-refractivity contribution >= 4 is 23.2 Å². The number of carbonyl (C=O) groups excluding carboxylic acids is 2. The first-order valence-electron chi connectivity index (χ1n) is 6.02. The zero-order chi connectivity index (χ0) is 12.9. The summed E-state index contributed by atoms with van der Waals surface area (Å²) in [4.78, 5) is 25.3. The predicted octanol–water partition coefficient (Wildman–Crippen LogP) is 1.70. The van der Waals surface area contributed by atoms with Crippen LogP contribution < -0.4 is 10.6 Å². The fourth-order valence-electron chi connectivity index (χ4n) is 2.93. The van der Waals surface area contributed by atoms with Gasteiger partial charge in [0.15, 0.2) is 0 Å². The Morgan fingerprint density at radius 1 is 1.17 bits per heavy atom. The zero-order valence-electron chi connectivity index (χ0n) is 9.73. The molecule has 5 heteroatoms. The Hall–Kier alpha value is -1.91. The monoisotopic (exact) mass is 248 g/mol. The van der Waals surface area contributed by atoms with Crippen LogP contribution in [0.4, 0.5) is 15.8 Å². The lowest BCUT2D eigenvalue weighted by molar-refractivity contribution is -0.122. The molecule has 94 valence electrons. The van der Waals surface area contributed by atoms with E-state index in [1.807, 2.05) is 0 Å². The van der Waals surface area contributed by atoms with Crippen LogP contribution in [0.3, 0.4) is 0 Å². The van der Waals surface area contributed by atoms with Gasteiger partial charge < -0.3 is 5.73 Å². The normalized spacial score (nSPS) is 26.8. The number of fused-ring (bicyclic) bond motifs is 1. The number of benzene rings is 1. The Morgan fingerprint density at radius 3 is 2.33 bits per heavy atom. The molecule has 0 bridgehead atoms. The highest BCUT2D eigenvalue weighted by Gasteiger charge is 2.50. The van der Waals surface area contributed by atoms with Crippen molar-refractivity contribution in [3.63, 3.8) is 0 Å². The summed E-state index contributed by atoms with van der Waals surface area (Å²) in [7, 11) is 0. The lowest BCUT2D eigenvalue weighted by atomic mass is 10.00. The first kappa shape index (κ1) is 11.2. The first-order chi connectivity index (χ1) is 8.59. The average Bonchev–Trinajstić information content (AvgIpc) is 2.87. The van der Waals surface area contributed by atoms with Gasteiger partial charge in [-0.05, 0) is 31.0 Å². The van der Waals surface area contributed by atoms with Gasteiger partial charge >= 0.3 is 0 Å². The molecule has 2 N–H and O–H groups in total. The van der Waals surface area contributed by atoms with Crippen LogP contribution in [0.5, 0.6) is 0 Å². The Morgan fingerprint density at radius 2 is 1.78 bits per heavy atom. The molecule has 1 aromatic rings. The van der Waals surface area contributed by atoms with E-state index < -0.39 is 5.82 Å². The molecular formula is C13H13FN2O2. The lowest BCUT2D eigenvalue weighted by Crippen LogP contribution is -2.32. The summed E-state index contributed by atoms with van der Waals surface area (Å²) in [5, 5.41) is 0. The van der Waals surface area contributed by atoms with Gasteiger partial charge in [0.1, 0.15) is 5.82 Å². The van der Waals surface area contributed by atoms with E-state index in [2.05, 4.69) is 0 Å². The van der Waals surface area contributed by atoms with E-state index in [9.17, 15) is 14.0 Å². The van der Waals surface area contributed by atoms with E-state index in [0.29, 0.717) is 0 Å². The van der Waals surface area contributed by atoms with Gasteiger partial charge in [0.2, 0.25) is 11.8 Å². The maximum absolute atomic E-state index is 13.8. The summed E-state index contributed by atoms with van der Waals surface area (Å²) in [5.74, 6) is -1.68. The minimum Gasteiger partial charge on any atom is -0.399 e. The molecule has 2 aliphatic rings. The van der Waals surface area contributed by atoms with Crippen LogP contribution in [0.25, 0.3) is 0 Å². The molecule has 4 nitrogen and oxygen atoms in total. The van der Waals surface area contributed by atoms with E-state index >= 15 is 0 Å². The predicted molar refractivity (Wildman–Crippen MR) is 64.1 cm³/mol. The fraction of sp³-hybridized carbons (Fsp3) is 0.385.